The highest BCUT2D eigenvalue weighted by atomic mass is 19.3. The van der Waals surface area contributed by atoms with Crippen LogP contribution in [0.1, 0.15) is 43.5 Å². The van der Waals surface area contributed by atoms with Crippen molar-refractivity contribution in [2.45, 2.75) is 46.4 Å². The average Bonchev–Trinajstić information content (AvgIpc) is 3.05. The van der Waals surface area contributed by atoms with Gasteiger partial charge in [0.15, 0.2) is 17.5 Å². The third-order valence-corrected chi connectivity index (χ3v) is 4.44. The van der Waals surface area contributed by atoms with Crippen molar-refractivity contribution in [2.24, 2.45) is 12.0 Å². The first-order chi connectivity index (χ1) is 14.2. The predicted octanol–water partition coefficient (Wildman–Crippen LogP) is 3.75. The molecule has 166 valence electrons. The van der Waals surface area contributed by atoms with E-state index in [2.05, 4.69) is 34.0 Å². The van der Waals surface area contributed by atoms with Crippen LogP contribution in [0.15, 0.2) is 29.4 Å². The van der Waals surface area contributed by atoms with Crippen molar-refractivity contribution in [1.82, 2.24) is 20.0 Å². The van der Waals surface area contributed by atoms with Crippen LogP contribution in [0.2, 0.25) is 0 Å². The van der Waals surface area contributed by atoms with Gasteiger partial charge in [-0.25, -0.2) is 4.99 Å². The fourth-order valence-electron chi connectivity index (χ4n) is 3.14. The maximum atomic E-state index is 12.7. The zero-order valence-corrected chi connectivity index (χ0v) is 18.4. The molecule has 0 aliphatic rings. The van der Waals surface area contributed by atoms with Crippen LogP contribution < -0.4 is 14.8 Å². The molecule has 2 aromatic rings. The lowest BCUT2D eigenvalue weighted by molar-refractivity contribution is -0.0512. The lowest BCUT2D eigenvalue weighted by Crippen LogP contribution is -2.38. The Morgan fingerprint density at radius 1 is 1.30 bits per heavy atom. The number of ether oxygens (including phenoxy) is 2. The number of hydrogen-bond donors (Lipinski definition) is 1. The lowest BCUT2D eigenvalue weighted by Gasteiger charge is -2.22. The van der Waals surface area contributed by atoms with Crippen LogP contribution in [0.3, 0.4) is 0 Å². The molecule has 9 heteroatoms. The maximum absolute atomic E-state index is 12.7. The first kappa shape index (κ1) is 23.4. The Balaban J connectivity index is 2.19. The van der Waals surface area contributed by atoms with Gasteiger partial charge in [-0.05, 0) is 30.5 Å². The molecule has 1 heterocycles. The van der Waals surface area contributed by atoms with Crippen molar-refractivity contribution in [2.75, 3.05) is 20.7 Å². The van der Waals surface area contributed by atoms with Gasteiger partial charge < -0.3 is 19.7 Å². The van der Waals surface area contributed by atoms with E-state index in [1.807, 2.05) is 36.8 Å². The van der Waals surface area contributed by atoms with E-state index in [0.29, 0.717) is 31.5 Å². The Morgan fingerprint density at radius 3 is 2.63 bits per heavy atom. The van der Waals surface area contributed by atoms with Gasteiger partial charge >= 0.3 is 6.61 Å². The minimum absolute atomic E-state index is 0.00418. The van der Waals surface area contributed by atoms with E-state index >= 15 is 0 Å². The summed E-state index contributed by atoms with van der Waals surface area (Å²) in [5.41, 5.74) is 2.93. The zero-order chi connectivity index (χ0) is 22.3. The second-order valence-electron chi connectivity index (χ2n) is 7.26. The van der Waals surface area contributed by atoms with E-state index in [9.17, 15) is 8.78 Å². The molecule has 1 aromatic carbocycles. The molecule has 1 aromatic heterocycles. The van der Waals surface area contributed by atoms with Crippen molar-refractivity contribution in [1.29, 1.82) is 0 Å². The molecule has 0 bridgehead atoms. The number of guanidine groups is 1. The molecule has 30 heavy (non-hydrogen) atoms. The molecule has 0 amide bonds. The van der Waals surface area contributed by atoms with Crippen molar-refractivity contribution in [3.8, 4) is 11.5 Å². The summed E-state index contributed by atoms with van der Waals surface area (Å²) in [5.74, 6) is 1.28. The summed E-state index contributed by atoms with van der Waals surface area (Å²) in [7, 11) is 5.28. The van der Waals surface area contributed by atoms with Crippen LogP contribution in [0.25, 0.3) is 0 Å². The molecule has 0 aliphatic heterocycles. The quantitative estimate of drug-likeness (QED) is 0.492. The van der Waals surface area contributed by atoms with E-state index in [4.69, 9.17) is 4.74 Å². The molecule has 0 radical (unpaired) electrons. The van der Waals surface area contributed by atoms with Crippen molar-refractivity contribution < 1.29 is 18.3 Å². The number of alkyl halides is 2. The van der Waals surface area contributed by atoms with E-state index in [1.54, 1.807) is 12.1 Å². The van der Waals surface area contributed by atoms with Crippen molar-refractivity contribution >= 4 is 5.96 Å². The number of aromatic nitrogens is 2. The van der Waals surface area contributed by atoms with E-state index in [-0.39, 0.29) is 11.5 Å². The standard InChI is InChI=1S/C21H31F2N5O2/c1-7-24-21(27(4)12-16-13-28(5)26-19(16)14(2)3)25-11-15-8-9-17(29-6)18(10-15)30-20(22)23/h8-10,13-14,20H,7,11-12H2,1-6H3,(H,24,25). The zero-order valence-electron chi connectivity index (χ0n) is 18.4. The van der Waals surface area contributed by atoms with Crippen LogP contribution >= 0.6 is 0 Å². The molecule has 0 saturated heterocycles. The minimum Gasteiger partial charge on any atom is -0.493 e. The van der Waals surface area contributed by atoms with Crippen LogP contribution in [0.4, 0.5) is 8.78 Å². The molecule has 0 aliphatic carbocycles. The molecular formula is C21H31F2N5O2. The van der Waals surface area contributed by atoms with Crippen LogP contribution in [-0.2, 0) is 20.1 Å². The summed E-state index contributed by atoms with van der Waals surface area (Å²) in [5, 5.41) is 7.82. The van der Waals surface area contributed by atoms with Gasteiger partial charge in [0.05, 0.1) is 19.3 Å². The SMILES string of the molecule is CCNC(=NCc1ccc(OC)c(OC(F)F)c1)N(C)Cc1cn(C)nc1C(C)C. The molecule has 0 saturated carbocycles. The van der Waals surface area contributed by atoms with E-state index < -0.39 is 6.61 Å². The number of aryl methyl sites for hydroxylation is 1. The Bertz CT molecular complexity index is 852. The number of nitrogens with one attached hydrogen (secondary N) is 1. The molecular weight excluding hydrogens is 392 g/mol. The highest BCUT2D eigenvalue weighted by Gasteiger charge is 2.16. The summed E-state index contributed by atoms with van der Waals surface area (Å²) in [6, 6.07) is 4.90. The predicted molar refractivity (Wildman–Crippen MR) is 113 cm³/mol. The largest absolute Gasteiger partial charge is 0.493 e. The van der Waals surface area contributed by atoms with Gasteiger partial charge in [-0.1, -0.05) is 19.9 Å². The molecule has 0 atom stereocenters. The minimum atomic E-state index is -2.92. The first-order valence-electron chi connectivity index (χ1n) is 9.88. The molecule has 1 N–H and O–H groups in total. The number of methoxy groups -OCH3 is 1. The Hall–Kier alpha value is -2.84. The van der Waals surface area contributed by atoms with E-state index in [1.165, 1.54) is 13.2 Å². The number of halogens is 2. The molecule has 2 rings (SSSR count). The second kappa shape index (κ2) is 10.8. The Kier molecular flexibility index (Phi) is 8.44. The molecule has 0 unspecified atom stereocenters. The van der Waals surface area contributed by atoms with Gasteiger partial charge in [-0.2, -0.15) is 13.9 Å². The van der Waals surface area contributed by atoms with Gasteiger partial charge in [0, 0.05) is 38.9 Å². The summed E-state index contributed by atoms with van der Waals surface area (Å²) in [6.07, 6.45) is 2.02. The number of benzene rings is 1. The van der Waals surface area contributed by atoms with Crippen molar-refractivity contribution in [3.05, 3.63) is 41.2 Å². The van der Waals surface area contributed by atoms with Crippen LogP contribution in [0.5, 0.6) is 11.5 Å². The highest BCUT2D eigenvalue weighted by molar-refractivity contribution is 5.79. The Morgan fingerprint density at radius 2 is 2.03 bits per heavy atom. The van der Waals surface area contributed by atoms with Gasteiger partial charge in [0.25, 0.3) is 0 Å². The summed E-state index contributed by atoms with van der Waals surface area (Å²) < 4.78 is 36.8. The third kappa shape index (κ3) is 6.33. The molecule has 0 spiro atoms. The summed E-state index contributed by atoms with van der Waals surface area (Å²) >= 11 is 0. The number of hydrogen-bond acceptors (Lipinski definition) is 4. The van der Waals surface area contributed by atoms with Crippen molar-refractivity contribution in [3.63, 3.8) is 0 Å². The summed E-state index contributed by atoms with van der Waals surface area (Å²) in [6.45, 7) is 4.97. The lowest BCUT2D eigenvalue weighted by atomic mass is 10.1. The van der Waals surface area contributed by atoms with E-state index in [0.717, 1.165) is 16.8 Å². The monoisotopic (exact) mass is 423 g/mol. The second-order valence-corrected chi connectivity index (χ2v) is 7.26. The fraction of sp³-hybridized carbons (Fsp3) is 0.524. The first-order valence-corrected chi connectivity index (χ1v) is 9.88. The molecule has 7 nitrogen and oxygen atoms in total. The smallest absolute Gasteiger partial charge is 0.387 e. The molecule has 0 fully saturated rings. The van der Waals surface area contributed by atoms with Gasteiger partial charge in [-0.15, -0.1) is 0 Å². The topological polar surface area (TPSA) is 63.9 Å². The normalized spacial score (nSPS) is 11.9. The van der Waals surface area contributed by atoms with Crippen LogP contribution in [-0.4, -0.2) is 48.0 Å². The number of aliphatic imine (C=N–C) groups is 1. The van der Waals surface area contributed by atoms with Gasteiger partial charge in [-0.3, -0.25) is 4.68 Å². The van der Waals surface area contributed by atoms with Gasteiger partial charge in [0.2, 0.25) is 0 Å². The summed E-state index contributed by atoms with van der Waals surface area (Å²) in [4.78, 5) is 6.68. The highest BCUT2D eigenvalue weighted by Crippen LogP contribution is 2.29. The Labute approximate surface area is 176 Å². The number of rotatable bonds is 9. The fourth-order valence-corrected chi connectivity index (χ4v) is 3.14. The third-order valence-electron chi connectivity index (χ3n) is 4.44. The number of nitrogens with zero attached hydrogens (tertiary/aromatic N) is 4. The maximum Gasteiger partial charge on any atom is 0.387 e. The average molecular weight is 424 g/mol. The van der Waals surface area contributed by atoms with Crippen LogP contribution in [0, 0.1) is 0 Å². The van der Waals surface area contributed by atoms with Gasteiger partial charge in [0.1, 0.15) is 0 Å².